The number of carbonyl (C=O) groups is 2. The van der Waals surface area contributed by atoms with Crippen molar-refractivity contribution in [2.24, 2.45) is 0 Å². The molecule has 0 saturated carbocycles. The van der Waals surface area contributed by atoms with Crippen molar-refractivity contribution < 1.29 is 14.3 Å². The molecule has 0 aliphatic rings. The fourth-order valence-electron chi connectivity index (χ4n) is 3.50. The van der Waals surface area contributed by atoms with E-state index in [2.05, 4.69) is 30.7 Å². The molecule has 2 aromatic heterocycles. The zero-order valence-corrected chi connectivity index (χ0v) is 16.1. The van der Waals surface area contributed by atoms with Crippen molar-refractivity contribution in [2.75, 3.05) is 6.61 Å². The van der Waals surface area contributed by atoms with Gasteiger partial charge in [-0.05, 0) is 50.8 Å². The first kappa shape index (κ1) is 19.0. The summed E-state index contributed by atoms with van der Waals surface area (Å²) in [5.74, 6) is -0.374. The van der Waals surface area contributed by atoms with Gasteiger partial charge in [-0.2, -0.15) is 0 Å². The van der Waals surface area contributed by atoms with Gasteiger partial charge in [0.15, 0.2) is 5.78 Å². The van der Waals surface area contributed by atoms with Crippen LogP contribution in [0.1, 0.15) is 81.8 Å². The molecule has 0 spiro atoms. The lowest BCUT2D eigenvalue weighted by molar-refractivity contribution is 0.0519. The Bertz CT molecular complexity index is 796. The van der Waals surface area contributed by atoms with Crippen LogP contribution in [-0.2, 0) is 17.6 Å². The summed E-state index contributed by atoms with van der Waals surface area (Å²) in [5.41, 5.74) is 7.23. The number of ketones is 1. The normalized spacial score (nSPS) is 11.0. The molecule has 0 aromatic carbocycles. The van der Waals surface area contributed by atoms with Crippen LogP contribution >= 0.6 is 0 Å². The Morgan fingerprint density at radius 2 is 1.64 bits per heavy atom. The molecule has 2 heterocycles. The Kier molecular flexibility index (Phi) is 5.88. The molecule has 0 unspecified atom stereocenters. The molecule has 2 N–H and O–H groups in total. The van der Waals surface area contributed by atoms with Gasteiger partial charge in [0.25, 0.3) is 0 Å². The quantitative estimate of drug-likeness (QED) is 0.584. The van der Waals surface area contributed by atoms with Crippen LogP contribution < -0.4 is 0 Å². The van der Waals surface area contributed by atoms with Crippen LogP contribution in [0, 0.1) is 20.8 Å². The third-order valence-electron chi connectivity index (χ3n) is 4.81. The summed E-state index contributed by atoms with van der Waals surface area (Å²) in [5, 5.41) is 0. The van der Waals surface area contributed by atoms with Crippen molar-refractivity contribution in [1.82, 2.24) is 9.97 Å². The van der Waals surface area contributed by atoms with E-state index in [0.717, 1.165) is 23.5 Å². The van der Waals surface area contributed by atoms with E-state index in [1.165, 1.54) is 11.1 Å². The van der Waals surface area contributed by atoms with Gasteiger partial charge in [0.2, 0.25) is 0 Å². The minimum atomic E-state index is -0.412. The molecule has 5 nitrogen and oxygen atoms in total. The topological polar surface area (TPSA) is 75.0 Å². The highest BCUT2D eigenvalue weighted by atomic mass is 16.5. The second kappa shape index (κ2) is 7.72. The number of aromatic nitrogens is 2. The highest BCUT2D eigenvalue weighted by Gasteiger charge is 2.24. The average Bonchev–Trinajstić information content (AvgIpc) is 3.04. The Morgan fingerprint density at radius 1 is 0.960 bits per heavy atom. The van der Waals surface area contributed by atoms with E-state index in [1.807, 2.05) is 6.92 Å². The van der Waals surface area contributed by atoms with Crippen molar-refractivity contribution in [3.05, 3.63) is 45.0 Å². The molecular formula is C20H28N2O3. The summed E-state index contributed by atoms with van der Waals surface area (Å²) in [7, 11) is 0. The molecule has 0 aliphatic carbocycles. The third-order valence-corrected chi connectivity index (χ3v) is 4.81. The molecule has 0 amide bonds. The van der Waals surface area contributed by atoms with Gasteiger partial charge < -0.3 is 14.7 Å². The number of aromatic amines is 2. The number of hydrogen-bond donors (Lipinski definition) is 2. The van der Waals surface area contributed by atoms with E-state index in [4.69, 9.17) is 4.74 Å². The lowest BCUT2D eigenvalue weighted by Gasteiger charge is -2.04. The molecule has 5 heteroatoms. The number of Topliss-reactive ketones (excluding diaryl/α,β-unsaturated/α-hetero) is 1. The smallest absolute Gasteiger partial charge is 0.355 e. The van der Waals surface area contributed by atoms with Crippen LogP contribution in [0.5, 0.6) is 0 Å². The maximum Gasteiger partial charge on any atom is 0.355 e. The first-order valence-corrected chi connectivity index (χ1v) is 8.94. The number of aryl methyl sites for hydroxylation is 1. The maximum atomic E-state index is 12.5. The molecule has 0 saturated heterocycles. The van der Waals surface area contributed by atoms with Crippen molar-refractivity contribution >= 4 is 11.8 Å². The number of ether oxygens (including phenoxy) is 1. The highest BCUT2D eigenvalue weighted by Crippen LogP contribution is 2.26. The molecule has 25 heavy (non-hydrogen) atoms. The van der Waals surface area contributed by atoms with Crippen molar-refractivity contribution in [2.45, 2.75) is 60.8 Å². The number of esters is 1. The van der Waals surface area contributed by atoms with Gasteiger partial charge in [0.1, 0.15) is 5.69 Å². The summed E-state index contributed by atoms with van der Waals surface area (Å²) >= 11 is 0. The SMILES string of the molecule is CCOC(=O)c1[nH]c(Cc2[nH]c(C)c(CC)c2C)c(C(=O)CC)c1C. The zero-order chi connectivity index (χ0) is 18.7. The van der Waals surface area contributed by atoms with Gasteiger partial charge in [0, 0.05) is 35.5 Å². The van der Waals surface area contributed by atoms with Crippen LogP contribution in [0.3, 0.4) is 0 Å². The van der Waals surface area contributed by atoms with Crippen LogP contribution in [0.4, 0.5) is 0 Å². The van der Waals surface area contributed by atoms with E-state index >= 15 is 0 Å². The first-order chi connectivity index (χ1) is 11.8. The third kappa shape index (κ3) is 3.55. The number of hydrogen-bond acceptors (Lipinski definition) is 3. The number of nitrogens with one attached hydrogen (secondary N) is 2. The summed E-state index contributed by atoms with van der Waals surface area (Å²) < 4.78 is 5.12. The minimum Gasteiger partial charge on any atom is -0.461 e. The Balaban J connectivity index is 2.51. The van der Waals surface area contributed by atoms with Gasteiger partial charge in [-0.25, -0.2) is 4.79 Å². The molecule has 2 aromatic rings. The molecule has 0 bridgehead atoms. The number of carbonyl (C=O) groups excluding carboxylic acids is 2. The standard InChI is InChI=1S/C20H28N2O3/c1-7-14-11(4)15(21-13(14)6)10-16-18(17(23)8-2)12(5)19(22-16)20(24)25-9-3/h21-22H,7-10H2,1-6H3. The van der Waals surface area contributed by atoms with E-state index in [-0.39, 0.29) is 5.78 Å². The Hall–Kier alpha value is -2.30. The number of rotatable bonds is 7. The van der Waals surface area contributed by atoms with Crippen molar-refractivity contribution in [1.29, 1.82) is 0 Å². The van der Waals surface area contributed by atoms with Gasteiger partial charge in [-0.15, -0.1) is 0 Å². The lowest BCUT2D eigenvalue weighted by atomic mass is 9.99. The largest absolute Gasteiger partial charge is 0.461 e. The van der Waals surface area contributed by atoms with Gasteiger partial charge in [0.05, 0.1) is 6.61 Å². The second-order valence-electron chi connectivity index (χ2n) is 6.34. The molecule has 0 fully saturated rings. The van der Waals surface area contributed by atoms with Crippen LogP contribution in [0.25, 0.3) is 0 Å². The van der Waals surface area contributed by atoms with E-state index in [0.29, 0.717) is 36.3 Å². The van der Waals surface area contributed by atoms with Gasteiger partial charge in [-0.1, -0.05) is 13.8 Å². The zero-order valence-electron chi connectivity index (χ0n) is 16.1. The van der Waals surface area contributed by atoms with E-state index in [9.17, 15) is 9.59 Å². The molecule has 0 atom stereocenters. The maximum absolute atomic E-state index is 12.5. The average molecular weight is 344 g/mol. The molecule has 2 rings (SSSR count). The highest BCUT2D eigenvalue weighted by molar-refractivity contribution is 6.02. The summed E-state index contributed by atoms with van der Waals surface area (Å²) in [6.45, 7) is 12.0. The first-order valence-electron chi connectivity index (χ1n) is 8.94. The van der Waals surface area contributed by atoms with Crippen LogP contribution in [0.15, 0.2) is 0 Å². The summed E-state index contributed by atoms with van der Waals surface area (Å²) in [6.07, 6.45) is 1.93. The summed E-state index contributed by atoms with van der Waals surface area (Å²) in [4.78, 5) is 31.3. The fraction of sp³-hybridized carbons (Fsp3) is 0.500. The van der Waals surface area contributed by atoms with Crippen LogP contribution in [-0.4, -0.2) is 28.3 Å². The number of H-pyrrole nitrogens is 2. The van der Waals surface area contributed by atoms with Crippen molar-refractivity contribution in [3.63, 3.8) is 0 Å². The van der Waals surface area contributed by atoms with E-state index < -0.39 is 5.97 Å². The lowest BCUT2D eigenvalue weighted by Crippen LogP contribution is -2.07. The van der Waals surface area contributed by atoms with E-state index in [1.54, 1.807) is 13.8 Å². The molecule has 0 radical (unpaired) electrons. The monoisotopic (exact) mass is 344 g/mol. The molecular weight excluding hydrogens is 316 g/mol. The molecule has 0 aliphatic heterocycles. The Morgan fingerprint density at radius 3 is 2.16 bits per heavy atom. The predicted octanol–water partition coefficient (Wildman–Crippen LogP) is 4.19. The van der Waals surface area contributed by atoms with Crippen LogP contribution in [0.2, 0.25) is 0 Å². The summed E-state index contributed by atoms with van der Waals surface area (Å²) in [6, 6.07) is 0. The van der Waals surface area contributed by atoms with Crippen molar-refractivity contribution in [3.8, 4) is 0 Å². The van der Waals surface area contributed by atoms with Gasteiger partial charge >= 0.3 is 5.97 Å². The Labute approximate surface area is 149 Å². The minimum absolute atomic E-state index is 0.0379. The second-order valence-corrected chi connectivity index (χ2v) is 6.34. The van der Waals surface area contributed by atoms with Gasteiger partial charge in [-0.3, -0.25) is 4.79 Å². The predicted molar refractivity (Wildman–Crippen MR) is 98.6 cm³/mol. The molecule has 136 valence electrons. The fourth-order valence-corrected chi connectivity index (χ4v) is 3.50.